The van der Waals surface area contributed by atoms with E-state index in [-0.39, 0.29) is 6.09 Å². The Bertz CT molecular complexity index is 1500. The molecule has 0 unspecified atom stereocenters. The Morgan fingerprint density at radius 3 is 2.67 bits per heavy atom. The number of nitrogens with zero attached hydrogens (tertiary/aromatic N) is 8. The molecule has 0 bridgehead atoms. The number of benzene rings is 1. The molecule has 202 valence electrons. The number of carbonyl (C=O) groups is 1. The third kappa shape index (κ3) is 4.97. The van der Waals surface area contributed by atoms with Gasteiger partial charge in [-0.3, -0.25) is 4.90 Å². The van der Waals surface area contributed by atoms with Gasteiger partial charge in [-0.05, 0) is 18.9 Å². The van der Waals surface area contributed by atoms with Gasteiger partial charge in [0, 0.05) is 50.2 Å². The first kappa shape index (κ1) is 25.1. The molecule has 0 atom stereocenters. The van der Waals surface area contributed by atoms with E-state index in [1.165, 1.54) is 0 Å². The van der Waals surface area contributed by atoms with Crippen LogP contribution in [0.1, 0.15) is 32.0 Å². The number of aryl methyl sites for hydroxylation is 1. The van der Waals surface area contributed by atoms with Gasteiger partial charge in [0.25, 0.3) is 5.95 Å². The highest BCUT2D eigenvalue weighted by molar-refractivity contribution is 5.87. The number of imidazole rings is 1. The molecule has 0 radical (unpaired) electrons. The first-order valence-electron chi connectivity index (χ1n) is 13.5. The van der Waals surface area contributed by atoms with Gasteiger partial charge in [-0.25, -0.2) is 14.5 Å². The Labute approximate surface area is 226 Å². The quantitative estimate of drug-likeness (QED) is 0.331. The summed E-state index contributed by atoms with van der Waals surface area (Å²) in [4.78, 5) is 31.2. The number of morpholine rings is 1. The molecule has 2 aliphatic rings. The van der Waals surface area contributed by atoms with E-state index in [0.29, 0.717) is 57.5 Å². The van der Waals surface area contributed by atoms with Crippen molar-refractivity contribution in [3.05, 3.63) is 54.6 Å². The molecule has 3 aromatic heterocycles. The molecule has 6 rings (SSSR count). The summed E-state index contributed by atoms with van der Waals surface area (Å²) in [5.41, 5.74) is 4.26. The summed E-state index contributed by atoms with van der Waals surface area (Å²) in [5.74, 6) is 1.99. The number of hydrogen-bond acceptors (Lipinski definition) is 8. The number of hydrogen-bond donors (Lipinski definition) is 0. The van der Waals surface area contributed by atoms with E-state index in [4.69, 9.17) is 29.5 Å². The number of rotatable bonds is 7. The van der Waals surface area contributed by atoms with Gasteiger partial charge < -0.3 is 18.9 Å². The lowest BCUT2D eigenvalue weighted by atomic mass is 10.2. The molecule has 1 saturated heterocycles. The Morgan fingerprint density at radius 2 is 1.87 bits per heavy atom. The van der Waals surface area contributed by atoms with Crippen LogP contribution in [0.15, 0.2) is 48.8 Å². The molecule has 11 heteroatoms. The Morgan fingerprint density at radius 1 is 1.05 bits per heavy atom. The topological polar surface area (TPSA) is 103 Å². The van der Waals surface area contributed by atoms with E-state index in [2.05, 4.69) is 11.8 Å². The molecule has 1 aromatic carbocycles. The zero-order valence-corrected chi connectivity index (χ0v) is 22.3. The second-order valence-corrected chi connectivity index (χ2v) is 9.69. The monoisotopic (exact) mass is 528 g/mol. The number of amides is 1. The first-order valence-corrected chi connectivity index (χ1v) is 13.5. The molecule has 4 aromatic rings. The molecule has 1 fully saturated rings. The molecular weight excluding hydrogens is 496 g/mol. The van der Waals surface area contributed by atoms with Crippen LogP contribution < -0.4 is 4.90 Å². The second-order valence-electron chi connectivity index (χ2n) is 9.69. The van der Waals surface area contributed by atoms with Crippen LogP contribution in [-0.4, -0.2) is 79.7 Å². The third-order valence-corrected chi connectivity index (χ3v) is 7.04. The van der Waals surface area contributed by atoms with Crippen LogP contribution in [-0.2, 0) is 16.5 Å². The summed E-state index contributed by atoms with van der Waals surface area (Å²) in [7, 11) is 1.95. The fourth-order valence-electron chi connectivity index (χ4n) is 4.88. The average Bonchev–Trinajstić information content (AvgIpc) is 3.73. The van der Waals surface area contributed by atoms with Crippen molar-refractivity contribution < 1.29 is 14.3 Å². The van der Waals surface area contributed by atoms with Gasteiger partial charge in [0.1, 0.15) is 5.82 Å². The van der Waals surface area contributed by atoms with Crippen LogP contribution in [0, 0.1) is 0 Å². The SMILES string of the molecule is CCCCOC(=O)N1C=C(c2nc3c(N4CCOCC4)nc(-n4ccc(-c5ccccc5)n4)nc3n2C)CC1. The molecule has 0 aliphatic carbocycles. The van der Waals surface area contributed by atoms with Crippen molar-refractivity contribution >= 4 is 28.6 Å². The van der Waals surface area contributed by atoms with Crippen molar-refractivity contribution in [2.24, 2.45) is 7.05 Å². The number of aromatic nitrogens is 6. The fourth-order valence-corrected chi connectivity index (χ4v) is 4.88. The third-order valence-electron chi connectivity index (χ3n) is 7.04. The van der Waals surface area contributed by atoms with Crippen LogP contribution in [0.25, 0.3) is 33.9 Å². The minimum Gasteiger partial charge on any atom is -0.449 e. The van der Waals surface area contributed by atoms with Crippen molar-refractivity contribution in [1.29, 1.82) is 0 Å². The van der Waals surface area contributed by atoms with E-state index < -0.39 is 0 Å². The summed E-state index contributed by atoms with van der Waals surface area (Å²) in [6, 6.07) is 12.0. The lowest BCUT2D eigenvalue weighted by Gasteiger charge is -2.28. The average molecular weight is 529 g/mol. The van der Waals surface area contributed by atoms with Crippen molar-refractivity contribution in [2.45, 2.75) is 26.2 Å². The van der Waals surface area contributed by atoms with Crippen LogP contribution in [0.4, 0.5) is 10.6 Å². The maximum atomic E-state index is 12.5. The Hall–Kier alpha value is -4.25. The van der Waals surface area contributed by atoms with Gasteiger partial charge in [-0.15, -0.1) is 0 Å². The molecule has 5 heterocycles. The summed E-state index contributed by atoms with van der Waals surface area (Å²) < 4.78 is 14.7. The highest BCUT2D eigenvalue weighted by atomic mass is 16.6. The zero-order valence-electron chi connectivity index (χ0n) is 22.3. The summed E-state index contributed by atoms with van der Waals surface area (Å²) in [6.07, 6.45) is 5.93. The molecule has 2 aliphatic heterocycles. The normalized spacial score (nSPS) is 15.7. The van der Waals surface area contributed by atoms with Crippen molar-refractivity contribution in [2.75, 3.05) is 44.4 Å². The van der Waals surface area contributed by atoms with E-state index in [9.17, 15) is 4.79 Å². The number of ether oxygens (including phenoxy) is 2. The second kappa shape index (κ2) is 10.9. The molecule has 0 saturated carbocycles. The van der Waals surface area contributed by atoms with Crippen molar-refractivity contribution in [3.63, 3.8) is 0 Å². The largest absolute Gasteiger partial charge is 0.449 e. The van der Waals surface area contributed by atoms with E-state index in [0.717, 1.165) is 46.8 Å². The molecule has 39 heavy (non-hydrogen) atoms. The van der Waals surface area contributed by atoms with Gasteiger partial charge in [-0.1, -0.05) is 43.7 Å². The molecule has 1 amide bonds. The maximum Gasteiger partial charge on any atom is 0.413 e. The van der Waals surface area contributed by atoms with Crippen LogP contribution >= 0.6 is 0 Å². The zero-order chi connectivity index (χ0) is 26.8. The molecular formula is C28H32N8O3. The number of fused-ring (bicyclic) bond motifs is 1. The predicted octanol–water partition coefficient (Wildman–Crippen LogP) is 4.04. The van der Waals surface area contributed by atoms with Gasteiger partial charge in [0.15, 0.2) is 17.0 Å². The lowest BCUT2D eigenvalue weighted by molar-refractivity contribution is 0.118. The van der Waals surface area contributed by atoms with E-state index in [1.54, 1.807) is 9.58 Å². The predicted molar refractivity (Wildman–Crippen MR) is 147 cm³/mol. The standard InChI is InChI=1S/C28H32N8O3/c1-3-4-16-39-28(37)35-12-10-21(19-35)24-29-23-25(33(24)2)30-27(31-26(23)34-14-17-38-18-15-34)36-13-11-22(32-36)20-8-6-5-7-9-20/h5-9,11,13,19H,3-4,10,12,14-18H2,1-2H3. The molecule has 0 N–H and O–H groups in total. The maximum absolute atomic E-state index is 12.5. The summed E-state index contributed by atoms with van der Waals surface area (Å²) in [6.45, 7) is 5.75. The lowest BCUT2D eigenvalue weighted by Crippen LogP contribution is -2.37. The number of carbonyl (C=O) groups excluding carboxylic acids is 1. The van der Waals surface area contributed by atoms with Crippen LogP contribution in [0.5, 0.6) is 0 Å². The van der Waals surface area contributed by atoms with Gasteiger partial charge in [0.2, 0.25) is 0 Å². The minimum atomic E-state index is -0.318. The Balaban J connectivity index is 1.38. The minimum absolute atomic E-state index is 0.318. The van der Waals surface area contributed by atoms with Crippen molar-refractivity contribution in [3.8, 4) is 17.2 Å². The number of anilines is 1. The van der Waals surface area contributed by atoms with Crippen molar-refractivity contribution in [1.82, 2.24) is 34.2 Å². The Kier molecular flexibility index (Phi) is 6.97. The van der Waals surface area contributed by atoms with Gasteiger partial charge in [-0.2, -0.15) is 15.1 Å². The van der Waals surface area contributed by atoms with Crippen LogP contribution in [0.2, 0.25) is 0 Å². The van der Waals surface area contributed by atoms with E-state index in [1.807, 2.05) is 60.4 Å². The van der Waals surface area contributed by atoms with E-state index >= 15 is 0 Å². The summed E-state index contributed by atoms with van der Waals surface area (Å²) >= 11 is 0. The highest BCUT2D eigenvalue weighted by Crippen LogP contribution is 2.31. The fraction of sp³-hybridized carbons (Fsp3) is 0.393. The van der Waals surface area contributed by atoms with Gasteiger partial charge in [0.05, 0.1) is 25.5 Å². The smallest absolute Gasteiger partial charge is 0.413 e. The summed E-state index contributed by atoms with van der Waals surface area (Å²) in [5, 5.41) is 4.77. The van der Waals surface area contributed by atoms with Crippen LogP contribution in [0.3, 0.4) is 0 Å². The molecule has 0 spiro atoms. The van der Waals surface area contributed by atoms with Gasteiger partial charge >= 0.3 is 6.09 Å². The number of unbranched alkanes of at least 4 members (excludes halogenated alkanes) is 1. The highest BCUT2D eigenvalue weighted by Gasteiger charge is 2.27. The first-order chi connectivity index (χ1) is 19.1. The molecule has 11 nitrogen and oxygen atoms in total.